The summed E-state index contributed by atoms with van der Waals surface area (Å²) in [6.45, 7) is 7.28. The summed E-state index contributed by atoms with van der Waals surface area (Å²) < 4.78 is 12.3. The van der Waals surface area contributed by atoms with Crippen LogP contribution < -0.4 is 0 Å². The van der Waals surface area contributed by atoms with Gasteiger partial charge in [0, 0.05) is 18.5 Å². The Bertz CT molecular complexity index is 996. The third-order valence-corrected chi connectivity index (χ3v) is 5.64. The summed E-state index contributed by atoms with van der Waals surface area (Å²) in [5.41, 5.74) is 3.68. The van der Waals surface area contributed by atoms with Gasteiger partial charge in [0.25, 0.3) is 0 Å². The predicted molar refractivity (Wildman–Crippen MR) is 111 cm³/mol. The van der Waals surface area contributed by atoms with E-state index in [1.807, 2.05) is 39.0 Å². The molecule has 0 fully saturated rings. The minimum Gasteiger partial charge on any atom is -0.469 e. The number of carbonyl (C=O) groups excluding carboxylic acids is 2. The molecule has 1 aromatic carbocycles. The second-order valence-corrected chi connectivity index (χ2v) is 8.78. The fourth-order valence-electron chi connectivity index (χ4n) is 4.47. The first-order valence-corrected chi connectivity index (χ1v) is 10.1. The first kappa shape index (κ1) is 19.7. The van der Waals surface area contributed by atoms with E-state index in [9.17, 15) is 9.59 Å². The van der Waals surface area contributed by atoms with Crippen molar-refractivity contribution in [1.82, 2.24) is 9.47 Å². The zero-order valence-electron chi connectivity index (χ0n) is 17.5. The van der Waals surface area contributed by atoms with E-state index in [1.165, 1.54) is 12.7 Å². The van der Waals surface area contributed by atoms with Crippen molar-refractivity contribution in [3.63, 3.8) is 0 Å². The van der Waals surface area contributed by atoms with Gasteiger partial charge in [0.1, 0.15) is 5.60 Å². The van der Waals surface area contributed by atoms with Gasteiger partial charge in [-0.15, -0.1) is 0 Å². The van der Waals surface area contributed by atoms with Gasteiger partial charge >= 0.3 is 12.1 Å². The molecule has 1 unspecified atom stereocenters. The largest absolute Gasteiger partial charge is 0.469 e. The Labute approximate surface area is 171 Å². The maximum Gasteiger partial charge on any atom is 0.419 e. The summed E-state index contributed by atoms with van der Waals surface area (Å²) in [6.07, 6.45) is 3.75. The van der Waals surface area contributed by atoms with Crippen LogP contribution in [0.1, 0.15) is 50.9 Å². The predicted octanol–water partition coefficient (Wildman–Crippen LogP) is 4.22. The topological polar surface area (TPSA) is 60.8 Å². The molecule has 6 heteroatoms. The number of aromatic nitrogens is 1. The van der Waals surface area contributed by atoms with E-state index in [1.54, 1.807) is 4.57 Å². The Morgan fingerprint density at radius 2 is 1.97 bits per heavy atom. The molecular formula is C23H28N2O4. The number of esters is 1. The summed E-state index contributed by atoms with van der Waals surface area (Å²) in [6, 6.07) is 8.15. The van der Waals surface area contributed by atoms with Gasteiger partial charge in [-0.2, -0.15) is 0 Å². The lowest BCUT2D eigenvalue weighted by Gasteiger charge is -2.39. The summed E-state index contributed by atoms with van der Waals surface area (Å²) in [5, 5.41) is 1.12. The van der Waals surface area contributed by atoms with Crippen LogP contribution in [0.2, 0.25) is 0 Å². The van der Waals surface area contributed by atoms with E-state index in [2.05, 4.69) is 17.0 Å². The summed E-state index contributed by atoms with van der Waals surface area (Å²) >= 11 is 0. The van der Waals surface area contributed by atoms with Crippen LogP contribution in [0, 0.1) is 0 Å². The van der Waals surface area contributed by atoms with E-state index in [4.69, 9.17) is 9.47 Å². The van der Waals surface area contributed by atoms with Gasteiger partial charge in [0.05, 0.1) is 30.8 Å². The first-order valence-electron chi connectivity index (χ1n) is 10.1. The van der Waals surface area contributed by atoms with Crippen LogP contribution in [0.4, 0.5) is 4.79 Å². The van der Waals surface area contributed by atoms with Crippen LogP contribution >= 0.6 is 0 Å². The molecule has 0 radical (unpaired) electrons. The Morgan fingerprint density at radius 1 is 1.21 bits per heavy atom. The summed E-state index contributed by atoms with van der Waals surface area (Å²) in [7, 11) is 1.42. The molecule has 0 saturated carbocycles. The number of nitrogens with zero attached hydrogens (tertiary/aromatic N) is 2. The van der Waals surface area contributed by atoms with Crippen molar-refractivity contribution in [3.8, 4) is 0 Å². The number of ether oxygens (including phenoxy) is 2. The average molecular weight is 396 g/mol. The van der Waals surface area contributed by atoms with Crippen LogP contribution in [0.25, 0.3) is 10.9 Å². The van der Waals surface area contributed by atoms with Gasteiger partial charge in [-0.1, -0.05) is 24.3 Å². The van der Waals surface area contributed by atoms with Crippen molar-refractivity contribution in [2.45, 2.75) is 51.7 Å². The standard InChI is InChI=1S/C23H28N2O4/c1-23(2,3)29-22(27)25-18-8-6-5-7-16(18)17-11-12-24-14-15(13-20(26)28-4)9-10-19(24)21(17)25/h5-9,19H,10-14H2,1-4H3. The maximum absolute atomic E-state index is 13.2. The molecule has 6 nitrogen and oxygen atoms in total. The van der Waals surface area contributed by atoms with Gasteiger partial charge in [0.15, 0.2) is 0 Å². The molecule has 0 N–H and O–H groups in total. The number of hydrogen-bond donors (Lipinski definition) is 0. The monoisotopic (exact) mass is 396 g/mol. The molecular weight excluding hydrogens is 368 g/mol. The highest BCUT2D eigenvalue weighted by Gasteiger charge is 2.37. The summed E-state index contributed by atoms with van der Waals surface area (Å²) in [4.78, 5) is 27.2. The third kappa shape index (κ3) is 3.69. The Kier molecular flexibility index (Phi) is 4.99. The molecule has 0 amide bonds. The third-order valence-electron chi connectivity index (χ3n) is 5.64. The van der Waals surface area contributed by atoms with Gasteiger partial charge in [-0.3, -0.25) is 9.69 Å². The lowest BCUT2D eigenvalue weighted by molar-refractivity contribution is -0.139. The average Bonchev–Trinajstić information content (AvgIpc) is 3.01. The van der Waals surface area contributed by atoms with Gasteiger partial charge < -0.3 is 9.47 Å². The van der Waals surface area contributed by atoms with E-state index >= 15 is 0 Å². The Hall–Kier alpha value is -2.60. The molecule has 3 heterocycles. The molecule has 0 saturated heterocycles. The van der Waals surface area contributed by atoms with Crippen LogP contribution in [0.5, 0.6) is 0 Å². The van der Waals surface area contributed by atoms with E-state index in [0.29, 0.717) is 6.42 Å². The zero-order valence-corrected chi connectivity index (χ0v) is 17.5. The number of rotatable bonds is 2. The number of benzene rings is 1. The molecule has 0 spiro atoms. The zero-order chi connectivity index (χ0) is 20.8. The smallest absolute Gasteiger partial charge is 0.419 e. The lowest BCUT2D eigenvalue weighted by atomic mass is 9.90. The maximum atomic E-state index is 13.2. The molecule has 4 rings (SSSR count). The van der Waals surface area contributed by atoms with E-state index < -0.39 is 5.60 Å². The number of para-hydroxylation sites is 1. The van der Waals surface area contributed by atoms with Crippen molar-refractivity contribution < 1.29 is 19.1 Å². The molecule has 1 atom stereocenters. The molecule has 2 aromatic rings. The van der Waals surface area contributed by atoms with Crippen LogP contribution in [-0.4, -0.2) is 47.3 Å². The molecule has 2 aliphatic heterocycles. The first-order chi connectivity index (χ1) is 13.8. The van der Waals surface area contributed by atoms with Crippen LogP contribution in [-0.2, 0) is 20.7 Å². The second-order valence-electron chi connectivity index (χ2n) is 8.78. The summed E-state index contributed by atoms with van der Waals surface area (Å²) in [5.74, 6) is -0.213. The second kappa shape index (κ2) is 7.34. The van der Waals surface area contributed by atoms with Gasteiger partial charge in [-0.25, -0.2) is 9.36 Å². The number of hydrogen-bond acceptors (Lipinski definition) is 5. The SMILES string of the molecule is COC(=O)CC1=CCC2c3c(c4ccccc4n3C(=O)OC(C)(C)C)CCN2C1. The van der Waals surface area contributed by atoms with Gasteiger partial charge in [0.2, 0.25) is 0 Å². The highest BCUT2D eigenvalue weighted by Crippen LogP contribution is 2.41. The van der Waals surface area contributed by atoms with Crippen LogP contribution in [0.15, 0.2) is 35.9 Å². The number of methoxy groups -OCH3 is 1. The molecule has 1 aromatic heterocycles. The van der Waals surface area contributed by atoms with Crippen molar-refractivity contribution in [1.29, 1.82) is 0 Å². The molecule has 154 valence electrons. The fraction of sp³-hybridized carbons (Fsp3) is 0.478. The normalized spacial score (nSPS) is 19.3. The van der Waals surface area contributed by atoms with E-state index in [-0.39, 0.29) is 18.1 Å². The molecule has 29 heavy (non-hydrogen) atoms. The molecule has 0 aliphatic carbocycles. The van der Waals surface area contributed by atoms with Gasteiger partial charge in [-0.05, 0) is 50.8 Å². The minimum absolute atomic E-state index is 0.0973. The van der Waals surface area contributed by atoms with Crippen molar-refractivity contribution in [2.24, 2.45) is 0 Å². The highest BCUT2D eigenvalue weighted by molar-refractivity contribution is 5.94. The minimum atomic E-state index is -0.566. The number of fused-ring (bicyclic) bond motifs is 5. The number of carbonyl (C=O) groups is 2. The van der Waals surface area contributed by atoms with Crippen molar-refractivity contribution in [2.75, 3.05) is 20.2 Å². The van der Waals surface area contributed by atoms with Crippen molar-refractivity contribution in [3.05, 3.63) is 47.2 Å². The molecule has 2 aliphatic rings. The fourth-order valence-corrected chi connectivity index (χ4v) is 4.47. The quantitative estimate of drug-likeness (QED) is 0.562. The van der Waals surface area contributed by atoms with Crippen LogP contribution in [0.3, 0.4) is 0 Å². The highest BCUT2D eigenvalue weighted by atomic mass is 16.6. The molecule has 0 bridgehead atoms. The van der Waals surface area contributed by atoms with E-state index in [0.717, 1.165) is 48.1 Å². The van der Waals surface area contributed by atoms with Crippen molar-refractivity contribution >= 4 is 23.0 Å². The Morgan fingerprint density at radius 3 is 2.69 bits per heavy atom. The Balaban J connectivity index is 1.77. The lowest BCUT2D eigenvalue weighted by Crippen LogP contribution is -2.41.